The highest BCUT2D eigenvalue weighted by Gasteiger charge is 2.27. The second-order valence-corrected chi connectivity index (χ2v) is 8.04. The minimum Gasteiger partial charge on any atom is -0.495 e. The van der Waals surface area contributed by atoms with E-state index in [1.807, 2.05) is 61.5 Å². The zero-order valence-electron chi connectivity index (χ0n) is 18.5. The van der Waals surface area contributed by atoms with E-state index in [0.717, 1.165) is 49.4 Å². The van der Waals surface area contributed by atoms with Gasteiger partial charge in [-0.25, -0.2) is 0 Å². The molecule has 2 aromatic rings. The summed E-state index contributed by atoms with van der Waals surface area (Å²) in [5, 5.41) is 6.11. The number of para-hydroxylation sites is 2. The van der Waals surface area contributed by atoms with Crippen LogP contribution in [0.4, 0.5) is 5.69 Å². The van der Waals surface area contributed by atoms with Gasteiger partial charge in [-0.2, -0.15) is 0 Å². The van der Waals surface area contributed by atoms with Gasteiger partial charge < -0.3 is 20.3 Å². The summed E-state index contributed by atoms with van der Waals surface area (Å²) in [6.45, 7) is 3.68. The van der Waals surface area contributed by atoms with Crippen molar-refractivity contribution in [3.63, 3.8) is 0 Å². The summed E-state index contributed by atoms with van der Waals surface area (Å²) in [5.41, 5.74) is 1.99. The predicted molar refractivity (Wildman–Crippen MR) is 123 cm³/mol. The third-order valence-electron chi connectivity index (χ3n) is 5.63. The van der Waals surface area contributed by atoms with Crippen LogP contribution < -0.4 is 20.3 Å². The van der Waals surface area contributed by atoms with Crippen LogP contribution in [0.25, 0.3) is 0 Å². The predicted octanol–water partition coefficient (Wildman–Crippen LogP) is 3.31. The largest absolute Gasteiger partial charge is 0.495 e. The summed E-state index contributed by atoms with van der Waals surface area (Å²) < 4.78 is 5.50. The van der Waals surface area contributed by atoms with Crippen molar-refractivity contribution in [1.82, 2.24) is 10.6 Å². The number of rotatable bonds is 9. The fourth-order valence-electron chi connectivity index (χ4n) is 4.09. The Hall–Kier alpha value is -3.02. The van der Waals surface area contributed by atoms with Gasteiger partial charge in [-0.3, -0.25) is 9.59 Å². The topological polar surface area (TPSA) is 70.7 Å². The lowest BCUT2D eigenvalue weighted by molar-refractivity contribution is -0.129. The summed E-state index contributed by atoms with van der Waals surface area (Å²) in [7, 11) is 1.68. The molecule has 1 aliphatic heterocycles. The van der Waals surface area contributed by atoms with Crippen LogP contribution in [0.2, 0.25) is 0 Å². The molecule has 2 unspecified atom stereocenters. The highest BCUT2D eigenvalue weighted by molar-refractivity contribution is 5.88. The maximum Gasteiger partial charge on any atom is 0.242 e. The minimum absolute atomic E-state index is 0.0385. The molecule has 2 N–H and O–H groups in total. The average molecular weight is 424 g/mol. The number of benzene rings is 2. The van der Waals surface area contributed by atoms with E-state index in [1.54, 1.807) is 7.11 Å². The number of piperidine rings is 1. The first-order valence-corrected chi connectivity index (χ1v) is 11.1. The fraction of sp³-hybridized carbons (Fsp3) is 0.440. The number of amides is 2. The Morgan fingerprint density at radius 2 is 1.87 bits per heavy atom. The van der Waals surface area contributed by atoms with E-state index in [2.05, 4.69) is 15.5 Å². The Morgan fingerprint density at radius 3 is 2.61 bits per heavy atom. The summed E-state index contributed by atoms with van der Waals surface area (Å²) >= 11 is 0. The molecule has 2 amide bonds. The second kappa shape index (κ2) is 11.4. The molecular formula is C25H33N3O3. The monoisotopic (exact) mass is 423 g/mol. The van der Waals surface area contributed by atoms with Gasteiger partial charge in [-0.05, 0) is 37.0 Å². The summed E-state index contributed by atoms with van der Waals surface area (Å²) in [6.07, 6.45) is 3.63. The first kappa shape index (κ1) is 22.7. The van der Waals surface area contributed by atoms with Crippen molar-refractivity contribution < 1.29 is 14.3 Å². The number of ether oxygens (including phenoxy) is 1. The molecule has 31 heavy (non-hydrogen) atoms. The van der Waals surface area contributed by atoms with E-state index in [9.17, 15) is 9.59 Å². The molecule has 1 fully saturated rings. The summed E-state index contributed by atoms with van der Waals surface area (Å²) in [4.78, 5) is 27.7. The molecular weight excluding hydrogens is 390 g/mol. The highest BCUT2D eigenvalue weighted by atomic mass is 16.5. The van der Waals surface area contributed by atoms with Crippen molar-refractivity contribution >= 4 is 17.5 Å². The van der Waals surface area contributed by atoms with Gasteiger partial charge in [-0.1, -0.05) is 55.8 Å². The zero-order chi connectivity index (χ0) is 22.1. The molecule has 1 aliphatic rings. The van der Waals surface area contributed by atoms with Gasteiger partial charge in [0.25, 0.3) is 0 Å². The molecule has 0 aliphatic carbocycles. The molecule has 166 valence electrons. The Bertz CT molecular complexity index is 856. The number of anilines is 1. The molecule has 3 rings (SSSR count). The maximum atomic E-state index is 13.0. The first-order chi connectivity index (χ1) is 15.1. The van der Waals surface area contributed by atoms with Gasteiger partial charge in [0.05, 0.1) is 19.2 Å². The van der Waals surface area contributed by atoms with Gasteiger partial charge >= 0.3 is 0 Å². The van der Waals surface area contributed by atoms with Gasteiger partial charge in [0.15, 0.2) is 0 Å². The maximum absolute atomic E-state index is 13.0. The first-order valence-electron chi connectivity index (χ1n) is 11.1. The second-order valence-electron chi connectivity index (χ2n) is 8.04. The molecule has 6 heteroatoms. The Morgan fingerprint density at radius 1 is 1.13 bits per heavy atom. The number of nitrogens with zero attached hydrogens (tertiary/aromatic N) is 1. The molecule has 0 radical (unpaired) electrons. The molecule has 1 heterocycles. The van der Waals surface area contributed by atoms with Crippen LogP contribution in [0.15, 0.2) is 54.6 Å². The lowest BCUT2D eigenvalue weighted by Gasteiger charge is -2.36. The van der Waals surface area contributed by atoms with Crippen LogP contribution in [0.1, 0.15) is 38.2 Å². The van der Waals surface area contributed by atoms with Crippen molar-refractivity contribution in [2.45, 2.75) is 51.1 Å². The molecule has 6 nitrogen and oxygen atoms in total. The number of carbonyl (C=O) groups excluding carboxylic acids is 2. The number of hydrogen-bond acceptors (Lipinski definition) is 4. The van der Waals surface area contributed by atoms with Crippen LogP contribution in [0, 0.1) is 0 Å². The van der Waals surface area contributed by atoms with Crippen molar-refractivity contribution in [1.29, 1.82) is 0 Å². The van der Waals surface area contributed by atoms with Gasteiger partial charge in [0.2, 0.25) is 11.8 Å². The lowest BCUT2D eigenvalue weighted by atomic mass is 10.0. The SMILES string of the molecule is CCCC(NC(=O)Cc1ccccc1)C(=O)NC1CCCN(c2ccccc2OC)C1. The normalized spacial score (nSPS) is 17.0. The van der Waals surface area contributed by atoms with Crippen molar-refractivity contribution in [3.8, 4) is 5.75 Å². The van der Waals surface area contributed by atoms with Crippen LogP contribution in [0.5, 0.6) is 5.75 Å². The van der Waals surface area contributed by atoms with Gasteiger partial charge in [0, 0.05) is 19.1 Å². The van der Waals surface area contributed by atoms with Crippen LogP contribution >= 0.6 is 0 Å². The van der Waals surface area contributed by atoms with E-state index < -0.39 is 6.04 Å². The smallest absolute Gasteiger partial charge is 0.242 e. The molecule has 0 spiro atoms. The molecule has 0 aromatic heterocycles. The van der Waals surface area contributed by atoms with E-state index in [4.69, 9.17) is 4.74 Å². The quantitative estimate of drug-likeness (QED) is 0.649. The van der Waals surface area contributed by atoms with Gasteiger partial charge in [-0.15, -0.1) is 0 Å². The number of methoxy groups -OCH3 is 1. The standard InChI is InChI=1S/C25H33N3O3/c1-3-10-21(27-24(29)17-19-11-5-4-6-12-19)25(30)26-20-13-9-16-28(18-20)22-14-7-8-15-23(22)31-2/h4-8,11-12,14-15,20-21H,3,9-10,13,16-18H2,1-2H3,(H,26,30)(H,27,29). The molecule has 2 aromatic carbocycles. The van der Waals surface area contributed by atoms with Crippen molar-refractivity contribution in [2.24, 2.45) is 0 Å². The van der Waals surface area contributed by atoms with Crippen LogP contribution in [0.3, 0.4) is 0 Å². The zero-order valence-corrected chi connectivity index (χ0v) is 18.5. The Kier molecular flexibility index (Phi) is 8.33. The minimum atomic E-state index is -0.511. The van der Waals surface area contributed by atoms with E-state index in [-0.39, 0.29) is 24.3 Å². The summed E-state index contributed by atoms with van der Waals surface area (Å²) in [6, 6.07) is 17.1. The van der Waals surface area contributed by atoms with Crippen molar-refractivity contribution in [2.75, 3.05) is 25.1 Å². The van der Waals surface area contributed by atoms with Crippen LogP contribution in [-0.4, -0.2) is 44.1 Å². The number of hydrogen-bond donors (Lipinski definition) is 2. The number of carbonyl (C=O) groups is 2. The summed E-state index contributed by atoms with van der Waals surface area (Å²) in [5.74, 6) is 0.612. The van der Waals surface area contributed by atoms with Gasteiger partial charge in [0.1, 0.15) is 11.8 Å². The Labute approximate surface area is 185 Å². The van der Waals surface area contributed by atoms with E-state index >= 15 is 0 Å². The molecule has 0 saturated carbocycles. The Balaban J connectivity index is 1.58. The third kappa shape index (κ3) is 6.48. The average Bonchev–Trinajstić information content (AvgIpc) is 2.79. The highest BCUT2D eigenvalue weighted by Crippen LogP contribution is 2.29. The fourth-order valence-corrected chi connectivity index (χ4v) is 4.09. The lowest BCUT2D eigenvalue weighted by Crippen LogP contribution is -2.54. The number of nitrogens with one attached hydrogen (secondary N) is 2. The van der Waals surface area contributed by atoms with Crippen molar-refractivity contribution in [3.05, 3.63) is 60.2 Å². The van der Waals surface area contributed by atoms with Crippen LogP contribution in [-0.2, 0) is 16.0 Å². The molecule has 1 saturated heterocycles. The van der Waals surface area contributed by atoms with E-state index in [1.165, 1.54) is 0 Å². The molecule has 2 atom stereocenters. The molecule has 0 bridgehead atoms. The third-order valence-corrected chi connectivity index (χ3v) is 5.63. The van der Waals surface area contributed by atoms with E-state index in [0.29, 0.717) is 6.42 Å².